The van der Waals surface area contributed by atoms with Gasteiger partial charge in [0.05, 0.1) is 0 Å². The molecule has 0 bridgehead atoms. The van der Waals surface area contributed by atoms with Gasteiger partial charge in [0.25, 0.3) is 0 Å². The van der Waals surface area contributed by atoms with E-state index in [9.17, 15) is 4.79 Å². The number of guanidine groups is 1. The van der Waals surface area contributed by atoms with E-state index in [1.54, 1.807) is 7.05 Å². The first kappa shape index (κ1) is 25.2. The van der Waals surface area contributed by atoms with Crippen molar-refractivity contribution in [3.63, 3.8) is 0 Å². The Hall–Kier alpha value is -0.810. The molecule has 1 aliphatic heterocycles. The van der Waals surface area contributed by atoms with Gasteiger partial charge in [-0.25, -0.2) is 4.79 Å². The minimum atomic E-state index is -0.474. The summed E-state index contributed by atoms with van der Waals surface area (Å²) in [6.07, 6.45) is -0.400. The van der Waals surface area contributed by atoms with Gasteiger partial charge in [0.2, 0.25) is 0 Å². The predicted octanol–water partition coefficient (Wildman–Crippen LogP) is 0.932. The Kier molecular flexibility index (Phi) is 13.0. The Labute approximate surface area is 175 Å². The molecule has 0 spiro atoms. The van der Waals surface area contributed by atoms with Crippen LogP contribution in [-0.4, -0.2) is 93.4 Å². The first-order valence-electron chi connectivity index (χ1n) is 9.20. The largest absolute Gasteiger partial charge is 0.444 e. The molecule has 3 N–H and O–H groups in total. The van der Waals surface area contributed by atoms with Crippen LogP contribution in [0.25, 0.3) is 0 Å². The monoisotopic (exact) mass is 484 g/mol. The van der Waals surface area contributed by atoms with Crippen LogP contribution in [0, 0.1) is 0 Å². The number of carbonyl (C=O) groups excluding carboxylic acids is 1. The van der Waals surface area contributed by atoms with Crippen molar-refractivity contribution >= 4 is 36.0 Å². The number of hydrogen-bond acceptors (Lipinski definition) is 5. The molecule has 8 nitrogen and oxygen atoms in total. The van der Waals surface area contributed by atoms with E-state index in [0.717, 1.165) is 51.8 Å². The van der Waals surface area contributed by atoms with Crippen molar-refractivity contribution in [2.75, 3.05) is 66.0 Å². The molecule has 0 unspecified atom stereocenters. The molecule has 0 aromatic heterocycles. The number of carbonyl (C=O) groups is 1. The Morgan fingerprint density at radius 3 is 2.08 bits per heavy atom. The standard InChI is InChI=1S/C17H36N6O2.HI/c1-6-22-11-13-23(14-12-22)10-9-20-15(18-5)19-7-8-21-16(24)25-17(2,3)4;/h6-14H2,1-5H3,(H,21,24)(H2,18,19,20);1H. The minimum Gasteiger partial charge on any atom is -0.444 e. The van der Waals surface area contributed by atoms with E-state index in [0.29, 0.717) is 13.1 Å². The fourth-order valence-corrected chi connectivity index (χ4v) is 2.54. The summed E-state index contributed by atoms with van der Waals surface area (Å²) in [7, 11) is 1.75. The van der Waals surface area contributed by atoms with E-state index in [-0.39, 0.29) is 24.0 Å². The molecule has 0 aromatic carbocycles. The van der Waals surface area contributed by atoms with Crippen molar-refractivity contribution in [2.45, 2.75) is 33.3 Å². The van der Waals surface area contributed by atoms with E-state index in [1.807, 2.05) is 20.8 Å². The number of nitrogens with one attached hydrogen (secondary N) is 3. The number of alkyl carbamates (subject to hydrolysis) is 1. The SMILES string of the molecule is CCN1CCN(CCNC(=NC)NCCNC(=O)OC(C)(C)C)CC1.I. The molecule has 154 valence electrons. The van der Waals surface area contributed by atoms with Gasteiger partial charge in [0.15, 0.2) is 5.96 Å². The average molecular weight is 484 g/mol. The second-order valence-electron chi connectivity index (χ2n) is 7.13. The third kappa shape index (κ3) is 11.7. The van der Waals surface area contributed by atoms with E-state index in [1.165, 1.54) is 0 Å². The topological polar surface area (TPSA) is 81.2 Å². The van der Waals surface area contributed by atoms with Crippen molar-refractivity contribution in [3.8, 4) is 0 Å². The number of rotatable bonds is 7. The molecule has 0 aromatic rings. The fourth-order valence-electron chi connectivity index (χ4n) is 2.54. The Balaban J connectivity index is 0.00000625. The van der Waals surface area contributed by atoms with Crippen LogP contribution < -0.4 is 16.0 Å². The van der Waals surface area contributed by atoms with Gasteiger partial charge in [0.1, 0.15) is 5.60 Å². The van der Waals surface area contributed by atoms with Crippen molar-refractivity contribution in [3.05, 3.63) is 0 Å². The van der Waals surface area contributed by atoms with Gasteiger partial charge >= 0.3 is 6.09 Å². The molecule has 1 saturated heterocycles. The molecule has 1 amide bonds. The Morgan fingerprint density at radius 2 is 1.54 bits per heavy atom. The molecule has 26 heavy (non-hydrogen) atoms. The second kappa shape index (κ2) is 13.4. The maximum Gasteiger partial charge on any atom is 0.407 e. The van der Waals surface area contributed by atoms with Gasteiger partial charge in [-0.15, -0.1) is 24.0 Å². The number of amides is 1. The second-order valence-corrected chi connectivity index (χ2v) is 7.13. The van der Waals surface area contributed by atoms with Crippen molar-refractivity contribution < 1.29 is 9.53 Å². The first-order chi connectivity index (χ1) is 11.8. The third-order valence-electron chi connectivity index (χ3n) is 3.94. The van der Waals surface area contributed by atoms with Crippen molar-refractivity contribution in [1.82, 2.24) is 25.8 Å². The summed E-state index contributed by atoms with van der Waals surface area (Å²) >= 11 is 0. The van der Waals surface area contributed by atoms with Crippen LogP contribution in [0.1, 0.15) is 27.7 Å². The highest BCUT2D eigenvalue weighted by atomic mass is 127. The molecule has 0 aliphatic carbocycles. The van der Waals surface area contributed by atoms with Crippen molar-refractivity contribution in [2.24, 2.45) is 4.99 Å². The van der Waals surface area contributed by atoms with Crippen molar-refractivity contribution in [1.29, 1.82) is 0 Å². The molecule has 9 heteroatoms. The highest BCUT2D eigenvalue weighted by Crippen LogP contribution is 2.06. The fraction of sp³-hybridized carbons (Fsp3) is 0.882. The molecule has 1 rings (SSSR count). The van der Waals surface area contributed by atoms with Gasteiger partial charge in [-0.1, -0.05) is 6.92 Å². The number of hydrogen-bond donors (Lipinski definition) is 3. The number of halogens is 1. The number of ether oxygens (including phenoxy) is 1. The predicted molar refractivity (Wildman–Crippen MR) is 118 cm³/mol. The van der Waals surface area contributed by atoms with E-state index in [4.69, 9.17) is 4.74 Å². The summed E-state index contributed by atoms with van der Waals surface area (Å²) < 4.78 is 5.19. The summed E-state index contributed by atoms with van der Waals surface area (Å²) in [5.41, 5.74) is -0.474. The Morgan fingerprint density at radius 1 is 1.00 bits per heavy atom. The van der Waals surface area contributed by atoms with E-state index < -0.39 is 11.7 Å². The zero-order valence-corrected chi connectivity index (χ0v) is 19.3. The van der Waals surface area contributed by atoms with Crippen LogP contribution >= 0.6 is 24.0 Å². The lowest BCUT2D eigenvalue weighted by Crippen LogP contribution is -2.49. The van der Waals surface area contributed by atoms with Crippen LogP contribution in [0.3, 0.4) is 0 Å². The molecule has 1 fully saturated rings. The molecule has 1 aliphatic rings. The minimum absolute atomic E-state index is 0. The lowest BCUT2D eigenvalue weighted by atomic mass is 10.2. The molecule has 1 heterocycles. The highest BCUT2D eigenvalue weighted by molar-refractivity contribution is 14.0. The van der Waals surface area contributed by atoms with Crippen LogP contribution in [0.4, 0.5) is 4.79 Å². The van der Waals surface area contributed by atoms with Gasteiger partial charge in [-0.2, -0.15) is 0 Å². The molecular formula is C17H37IN6O2. The molecular weight excluding hydrogens is 447 g/mol. The van der Waals surface area contributed by atoms with Crippen LogP contribution in [0.2, 0.25) is 0 Å². The maximum absolute atomic E-state index is 11.5. The Bertz CT molecular complexity index is 420. The maximum atomic E-state index is 11.5. The van der Waals surface area contributed by atoms with Gasteiger partial charge in [0, 0.05) is 59.4 Å². The highest BCUT2D eigenvalue weighted by Gasteiger charge is 2.16. The van der Waals surface area contributed by atoms with Gasteiger partial charge in [-0.05, 0) is 27.3 Å². The number of likely N-dealkylation sites (N-methyl/N-ethyl adjacent to an activating group) is 1. The van der Waals surface area contributed by atoms with Gasteiger partial charge < -0.3 is 25.6 Å². The quantitative estimate of drug-likeness (QED) is 0.216. The summed E-state index contributed by atoms with van der Waals surface area (Å²) in [5.74, 6) is 0.748. The van der Waals surface area contributed by atoms with Crippen LogP contribution in [0.15, 0.2) is 4.99 Å². The average Bonchev–Trinajstić information content (AvgIpc) is 2.56. The molecule has 0 atom stereocenters. The van der Waals surface area contributed by atoms with Gasteiger partial charge in [-0.3, -0.25) is 9.89 Å². The summed E-state index contributed by atoms with van der Waals surface area (Å²) in [4.78, 5) is 20.7. The zero-order valence-electron chi connectivity index (χ0n) is 16.9. The zero-order chi connectivity index (χ0) is 18.7. The first-order valence-corrected chi connectivity index (χ1v) is 9.20. The summed E-state index contributed by atoms with van der Waals surface area (Å²) in [6, 6.07) is 0. The van der Waals surface area contributed by atoms with E-state index in [2.05, 4.69) is 37.7 Å². The summed E-state index contributed by atoms with van der Waals surface area (Å²) in [6.45, 7) is 16.4. The van der Waals surface area contributed by atoms with E-state index >= 15 is 0 Å². The lowest BCUT2D eigenvalue weighted by molar-refractivity contribution is 0.0529. The van der Waals surface area contributed by atoms with Crippen LogP contribution in [-0.2, 0) is 4.74 Å². The summed E-state index contributed by atoms with van der Waals surface area (Å²) in [5, 5.41) is 9.21. The molecule has 0 radical (unpaired) electrons. The number of nitrogens with zero attached hydrogens (tertiary/aromatic N) is 3. The normalized spacial score (nSPS) is 16.6. The smallest absolute Gasteiger partial charge is 0.407 e. The number of aliphatic imine (C=N–C) groups is 1. The number of piperazine rings is 1. The molecule has 0 saturated carbocycles. The lowest BCUT2D eigenvalue weighted by Gasteiger charge is -2.34. The van der Waals surface area contributed by atoms with Crippen LogP contribution in [0.5, 0.6) is 0 Å². The third-order valence-corrected chi connectivity index (χ3v) is 3.94.